The number of para-hydroxylation sites is 1. The van der Waals surface area contributed by atoms with Gasteiger partial charge in [-0.1, -0.05) is 12.1 Å². The average molecular weight is 244 g/mol. The molecule has 0 aromatic heterocycles. The van der Waals surface area contributed by atoms with E-state index in [9.17, 15) is 8.42 Å². The molecule has 0 aliphatic heterocycles. The lowest BCUT2D eigenvalue weighted by Gasteiger charge is -2.11. The third-order valence-corrected chi connectivity index (χ3v) is 3.04. The van der Waals surface area contributed by atoms with Gasteiger partial charge in [-0.3, -0.25) is 0 Å². The summed E-state index contributed by atoms with van der Waals surface area (Å²) in [5.74, 6) is 0. The molecular weight excluding hydrogens is 228 g/mol. The highest BCUT2D eigenvalue weighted by Gasteiger charge is 2.12. The maximum Gasteiger partial charge on any atom is 0.240 e. The second-order valence-electron chi connectivity index (χ2n) is 3.61. The van der Waals surface area contributed by atoms with E-state index in [0.717, 1.165) is 0 Å². The van der Waals surface area contributed by atoms with E-state index >= 15 is 0 Å². The maximum absolute atomic E-state index is 11.2. The average Bonchev–Trinajstić information content (AvgIpc) is 2.16. The van der Waals surface area contributed by atoms with Crippen molar-refractivity contribution in [2.45, 2.75) is 24.3 Å². The van der Waals surface area contributed by atoms with Gasteiger partial charge in [0, 0.05) is 6.54 Å². The van der Waals surface area contributed by atoms with Crippen molar-refractivity contribution in [3.63, 3.8) is 0 Å². The van der Waals surface area contributed by atoms with Crippen LogP contribution in [0.25, 0.3) is 0 Å². The first kappa shape index (κ1) is 13.0. The van der Waals surface area contributed by atoms with E-state index in [1.807, 2.05) is 0 Å². The SMILES string of the molecule is CC(O)CCNc1ccccc1S(N)(=O)=O. The number of primary sulfonamides is 1. The molecule has 0 aliphatic rings. The molecule has 0 radical (unpaired) electrons. The molecule has 6 heteroatoms. The van der Waals surface area contributed by atoms with Crippen LogP contribution in [0.15, 0.2) is 29.2 Å². The molecule has 0 bridgehead atoms. The third-order valence-electron chi connectivity index (χ3n) is 2.07. The highest BCUT2D eigenvalue weighted by Crippen LogP contribution is 2.18. The lowest BCUT2D eigenvalue weighted by atomic mass is 10.2. The number of benzene rings is 1. The monoisotopic (exact) mass is 244 g/mol. The van der Waals surface area contributed by atoms with E-state index in [2.05, 4.69) is 5.32 Å². The molecule has 0 heterocycles. The van der Waals surface area contributed by atoms with Gasteiger partial charge in [0.1, 0.15) is 4.90 Å². The Morgan fingerprint density at radius 3 is 2.62 bits per heavy atom. The van der Waals surface area contributed by atoms with E-state index in [4.69, 9.17) is 10.2 Å². The van der Waals surface area contributed by atoms with Gasteiger partial charge in [-0.15, -0.1) is 0 Å². The Balaban J connectivity index is 2.80. The van der Waals surface area contributed by atoms with Crippen LogP contribution in [0, 0.1) is 0 Å². The van der Waals surface area contributed by atoms with E-state index in [1.165, 1.54) is 6.07 Å². The minimum atomic E-state index is -3.71. The van der Waals surface area contributed by atoms with Crippen LogP contribution in [0.3, 0.4) is 0 Å². The Bertz CT molecular complexity index is 443. The third kappa shape index (κ3) is 3.80. The van der Waals surface area contributed by atoms with E-state index in [-0.39, 0.29) is 4.90 Å². The minimum absolute atomic E-state index is 0.0700. The van der Waals surface area contributed by atoms with E-state index in [1.54, 1.807) is 25.1 Å². The van der Waals surface area contributed by atoms with Gasteiger partial charge in [-0.05, 0) is 25.5 Å². The Morgan fingerprint density at radius 1 is 1.44 bits per heavy atom. The molecule has 5 nitrogen and oxygen atoms in total. The first-order valence-electron chi connectivity index (χ1n) is 4.95. The van der Waals surface area contributed by atoms with Crippen LogP contribution >= 0.6 is 0 Å². The first-order chi connectivity index (χ1) is 7.41. The molecule has 0 amide bonds. The van der Waals surface area contributed by atoms with Crippen LogP contribution in [-0.2, 0) is 10.0 Å². The Kier molecular flexibility index (Phi) is 4.28. The zero-order valence-electron chi connectivity index (χ0n) is 9.05. The summed E-state index contributed by atoms with van der Waals surface area (Å²) in [7, 11) is -3.71. The van der Waals surface area contributed by atoms with Crippen molar-refractivity contribution in [1.82, 2.24) is 0 Å². The van der Waals surface area contributed by atoms with Gasteiger partial charge in [-0.25, -0.2) is 13.6 Å². The second-order valence-corrected chi connectivity index (χ2v) is 5.14. The number of rotatable bonds is 5. The normalized spacial score (nSPS) is 13.4. The highest BCUT2D eigenvalue weighted by molar-refractivity contribution is 7.89. The summed E-state index contributed by atoms with van der Waals surface area (Å²) in [5.41, 5.74) is 0.464. The molecule has 1 unspecified atom stereocenters. The fourth-order valence-corrected chi connectivity index (χ4v) is 1.99. The summed E-state index contributed by atoms with van der Waals surface area (Å²) in [6.45, 7) is 2.16. The zero-order chi connectivity index (χ0) is 12.2. The minimum Gasteiger partial charge on any atom is -0.393 e. The van der Waals surface area contributed by atoms with Crippen molar-refractivity contribution < 1.29 is 13.5 Å². The molecule has 16 heavy (non-hydrogen) atoms. The number of nitrogens with two attached hydrogens (primary N) is 1. The van der Waals surface area contributed by atoms with Gasteiger partial charge in [0.2, 0.25) is 10.0 Å². The molecule has 1 aromatic rings. The topological polar surface area (TPSA) is 92.4 Å². The molecular formula is C10H16N2O3S. The zero-order valence-corrected chi connectivity index (χ0v) is 9.87. The molecule has 0 saturated heterocycles. The quantitative estimate of drug-likeness (QED) is 0.704. The predicted octanol–water partition coefficient (Wildman–Crippen LogP) is 0.517. The summed E-state index contributed by atoms with van der Waals surface area (Å²) in [4.78, 5) is 0.0700. The Hall–Kier alpha value is -1.11. The Morgan fingerprint density at radius 2 is 2.06 bits per heavy atom. The first-order valence-corrected chi connectivity index (χ1v) is 6.49. The van der Waals surface area contributed by atoms with Gasteiger partial charge < -0.3 is 10.4 Å². The molecule has 90 valence electrons. The van der Waals surface area contributed by atoms with Crippen molar-refractivity contribution in [3.05, 3.63) is 24.3 Å². The number of aliphatic hydroxyl groups excluding tert-OH is 1. The van der Waals surface area contributed by atoms with Crippen LogP contribution < -0.4 is 10.5 Å². The largest absolute Gasteiger partial charge is 0.393 e. The number of anilines is 1. The van der Waals surface area contributed by atoms with Crippen molar-refractivity contribution in [2.75, 3.05) is 11.9 Å². The molecule has 0 saturated carbocycles. The van der Waals surface area contributed by atoms with Crippen molar-refractivity contribution in [1.29, 1.82) is 0 Å². The summed E-state index contributed by atoms with van der Waals surface area (Å²) < 4.78 is 22.5. The standard InChI is InChI=1S/C10H16N2O3S/c1-8(13)6-7-12-9-4-2-3-5-10(9)16(11,14)15/h2-5,8,12-13H,6-7H2,1H3,(H2,11,14,15). The lowest BCUT2D eigenvalue weighted by Crippen LogP contribution is -2.16. The van der Waals surface area contributed by atoms with Crippen molar-refractivity contribution in [2.24, 2.45) is 5.14 Å². The molecule has 1 atom stereocenters. The summed E-state index contributed by atoms with van der Waals surface area (Å²) >= 11 is 0. The molecule has 0 aliphatic carbocycles. The van der Waals surface area contributed by atoms with Gasteiger partial charge in [-0.2, -0.15) is 0 Å². The molecule has 1 rings (SSSR count). The Labute approximate surface area is 95.3 Å². The summed E-state index contributed by atoms with van der Waals surface area (Å²) in [5, 5.41) is 17.1. The fraction of sp³-hybridized carbons (Fsp3) is 0.400. The number of hydrogen-bond acceptors (Lipinski definition) is 4. The lowest BCUT2D eigenvalue weighted by molar-refractivity contribution is 0.188. The molecule has 0 fully saturated rings. The highest BCUT2D eigenvalue weighted by atomic mass is 32.2. The van der Waals surface area contributed by atoms with Gasteiger partial charge in [0.15, 0.2) is 0 Å². The van der Waals surface area contributed by atoms with E-state index < -0.39 is 16.1 Å². The van der Waals surface area contributed by atoms with Crippen LogP contribution in [0.1, 0.15) is 13.3 Å². The molecule has 0 spiro atoms. The van der Waals surface area contributed by atoms with Gasteiger partial charge in [0.25, 0.3) is 0 Å². The number of aliphatic hydroxyl groups is 1. The predicted molar refractivity (Wildman–Crippen MR) is 62.6 cm³/mol. The summed E-state index contributed by atoms with van der Waals surface area (Å²) in [6, 6.07) is 6.42. The second kappa shape index (κ2) is 5.29. The molecule has 1 aromatic carbocycles. The van der Waals surface area contributed by atoms with Gasteiger partial charge >= 0.3 is 0 Å². The number of hydrogen-bond donors (Lipinski definition) is 3. The number of nitrogens with one attached hydrogen (secondary N) is 1. The van der Waals surface area contributed by atoms with Crippen molar-refractivity contribution in [3.8, 4) is 0 Å². The summed E-state index contributed by atoms with van der Waals surface area (Å²) in [6.07, 6.45) is 0.119. The van der Waals surface area contributed by atoms with E-state index in [0.29, 0.717) is 18.7 Å². The van der Waals surface area contributed by atoms with Crippen LogP contribution in [0.2, 0.25) is 0 Å². The van der Waals surface area contributed by atoms with Crippen LogP contribution in [0.5, 0.6) is 0 Å². The van der Waals surface area contributed by atoms with Crippen LogP contribution in [-0.4, -0.2) is 26.2 Å². The molecule has 4 N–H and O–H groups in total. The van der Waals surface area contributed by atoms with Crippen LogP contribution in [0.4, 0.5) is 5.69 Å². The smallest absolute Gasteiger partial charge is 0.240 e. The maximum atomic E-state index is 11.2. The number of sulfonamides is 1. The van der Waals surface area contributed by atoms with Crippen molar-refractivity contribution >= 4 is 15.7 Å². The van der Waals surface area contributed by atoms with Gasteiger partial charge in [0.05, 0.1) is 11.8 Å². The fourth-order valence-electron chi connectivity index (χ4n) is 1.28.